The molecule has 0 aliphatic rings. The Labute approximate surface area is 65.0 Å². The van der Waals surface area contributed by atoms with Gasteiger partial charge in [0, 0.05) is 0 Å². The Bertz CT molecular complexity index is 95.1. The number of hydrogen-bond donors (Lipinski definition) is 0. The monoisotopic (exact) mass is 162 g/mol. The zero-order chi connectivity index (χ0) is 7.28. The second-order valence-electron chi connectivity index (χ2n) is 2.09. The Balaban J connectivity index is 3.46. The molecule has 0 saturated carbocycles. The molecule has 0 heterocycles. The van der Waals surface area contributed by atoms with Crippen molar-refractivity contribution in [2.45, 2.75) is 32.0 Å². The summed E-state index contributed by atoms with van der Waals surface area (Å²) in [7, 11) is 5.78. The molecule has 0 aromatic rings. The number of halogens is 1. The number of hydrogen-bond acceptors (Lipinski definition) is 1. The summed E-state index contributed by atoms with van der Waals surface area (Å²) < 4.78 is 0.321. The van der Waals surface area contributed by atoms with E-state index < -0.39 is 13.2 Å². The molecule has 0 aromatic carbocycles. The van der Waals surface area contributed by atoms with Gasteiger partial charge >= 0.3 is 13.2 Å². The van der Waals surface area contributed by atoms with Crippen LogP contribution in [0.15, 0.2) is 0 Å². The second-order valence-corrected chi connectivity index (χ2v) is 6.07. The van der Waals surface area contributed by atoms with Gasteiger partial charge in [-0.1, -0.05) is 25.6 Å². The highest BCUT2D eigenvalue weighted by Gasteiger charge is 2.20. The van der Waals surface area contributed by atoms with E-state index in [-0.39, 0.29) is 0 Å². The van der Waals surface area contributed by atoms with Gasteiger partial charge in [0.1, 0.15) is 0 Å². The van der Waals surface area contributed by atoms with Crippen LogP contribution in [0.4, 0.5) is 0 Å². The molecule has 52 valence electrons. The Morgan fingerprint density at radius 2 is 2.11 bits per heavy atom. The van der Waals surface area contributed by atoms with Crippen LogP contribution in [0, 0.1) is 0 Å². The summed E-state index contributed by atoms with van der Waals surface area (Å²) in [6.07, 6.45) is 1.63. The van der Waals surface area contributed by atoms with E-state index in [2.05, 4.69) is 0 Å². The molecule has 0 unspecified atom stereocenters. The molecular formula is C6H12AlClO. The SMILES string of the molecule is CCC[C](=O)[Al]([Cl])[CH2]C. The molecule has 0 saturated heterocycles. The minimum absolute atomic E-state index is 0.321. The molecule has 0 fully saturated rings. The van der Waals surface area contributed by atoms with Gasteiger partial charge in [-0.25, -0.2) is 10.0 Å². The third-order valence-electron chi connectivity index (χ3n) is 1.20. The van der Waals surface area contributed by atoms with E-state index in [1.54, 1.807) is 0 Å². The average molecular weight is 163 g/mol. The van der Waals surface area contributed by atoms with Crippen LogP contribution in [0.2, 0.25) is 5.28 Å². The minimum Gasteiger partial charge on any atom is -0.319 e. The van der Waals surface area contributed by atoms with Crippen molar-refractivity contribution in [1.82, 2.24) is 0 Å². The first-order chi connectivity index (χ1) is 4.22. The van der Waals surface area contributed by atoms with Gasteiger partial charge in [-0.2, -0.15) is 0 Å². The molecular weight excluding hydrogens is 150 g/mol. The first kappa shape index (κ1) is 9.49. The topological polar surface area (TPSA) is 17.1 Å². The van der Waals surface area contributed by atoms with Crippen molar-refractivity contribution in [1.29, 1.82) is 0 Å². The fourth-order valence-corrected chi connectivity index (χ4v) is 2.02. The van der Waals surface area contributed by atoms with Crippen molar-refractivity contribution in [2.24, 2.45) is 0 Å². The minimum atomic E-state index is -1.46. The van der Waals surface area contributed by atoms with E-state index in [9.17, 15) is 4.79 Å². The Kier molecular flexibility index (Phi) is 5.58. The summed E-state index contributed by atoms with van der Waals surface area (Å²) >= 11 is -1.46. The molecule has 9 heavy (non-hydrogen) atoms. The highest BCUT2D eigenvalue weighted by atomic mass is 35.6. The summed E-state index contributed by atoms with van der Waals surface area (Å²) in [5.74, 6) is 0. The standard InChI is InChI=1S/C4H7O.C2H5.Al.ClH/c1-2-3-4-5;1-2;;/h2-3H2,1H3;1H2,2H3;;1H/q;;+1;/p-1. The van der Waals surface area contributed by atoms with E-state index in [1.165, 1.54) is 0 Å². The van der Waals surface area contributed by atoms with Crippen LogP contribution in [-0.4, -0.2) is 17.9 Å². The Hall–Kier alpha value is 0.492. The number of rotatable bonds is 4. The zero-order valence-electron chi connectivity index (χ0n) is 5.98. The van der Waals surface area contributed by atoms with E-state index in [4.69, 9.17) is 10.0 Å². The molecule has 0 aliphatic heterocycles. The summed E-state index contributed by atoms with van der Waals surface area (Å²) in [6.45, 7) is 3.99. The van der Waals surface area contributed by atoms with Gasteiger partial charge in [-0.3, -0.25) is 0 Å². The highest BCUT2D eigenvalue weighted by molar-refractivity contribution is 7.23. The van der Waals surface area contributed by atoms with Crippen molar-refractivity contribution in [3.63, 3.8) is 0 Å². The second kappa shape index (κ2) is 5.29. The molecule has 0 bridgehead atoms. The Morgan fingerprint density at radius 1 is 1.56 bits per heavy atom. The summed E-state index contributed by atoms with van der Waals surface area (Å²) in [4.78, 5) is 10.9. The lowest BCUT2D eigenvalue weighted by atomic mass is 10.4. The summed E-state index contributed by atoms with van der Waals surface area (Å²) in [5, 5.41) is 0.889. The molecule has 0 N–H and O–H groups in total. The van der Waals surface area contributed by atoms with Crippen LogP contribution in [0.25, 0.3) is 0 Å². The van der Waals surface area contributed by atoms with Gasteiger partial charge in [-0.05, 0) is 6.42 Å². The van der Waals surface area contributed by atoms with Crippen molar-refractivity contribution in [2.75, 3.05) is 0 Å². The predicted molar refractivity (Wildman–Crippen MR) is 42.0 cm³/mol. The van der Waals surface area contributed by atoms with E-state index in [0.29, 0.717) is 11.1 Å². The first-order valence-electron chi connectivity index (χ1n) is 3.39. The van der Waals surface area contributed by atoms with E-state index in [1.807, 2.05) is 13.8 Å². The third-order valence-corrected chi connectivity index (χ3v) is 4.56. The smallest absolute Gasteiger partial charge is 0.319 e. The molecule has 0 radical (unpaired) electrons. The van der Waals surface area contributed by atoms with Crippen LogP contribution >= 0.6 is 10.0 Å². The molecule has 0 spiro atoms. The number of carbonyl (C=O) groups is 1. The predicted octanol–water partition coefficient (Wildman–Crippen LogP) is 2.14. The maximum Gasteiger partial charge on any atom is 0.490 e. The van der Waals surface area contributed by atoms with Gasteiger partial charge in [-0.15, -0.1) is 0 Å². The normalized spacial score (nSPS) is 9.22. The summed E-state index contributed by atoms with van der Waals surface area (Å²) in [5.41, 5.74) is 0. The maximum absolute atomic E-state index is 10.9. The van der Waals surface area contributed by atoms with Crippen molar-refractivity contribution < 1.29 is 4.79 Å². The summed E-state index contributed by atoms with van der Waals surface area (Å²) in [6, 6.07) is 0. The van der Waals surface area contributed by atoms with Gasteiger partial charge in [0.15, 0.2) is 0 Å². The molecule has 0 aromatic heterocycles. The van der Waals surface area contributed by atoms with Gasteiger partial charge in [0.05, 0.1) is 4.65 Å². The first-order valence-corrected chi connectivity index (χ1v) is 6.53. The fraction of sp³-hybridized carbons (Fsp3) is 0.833. The quantitative estimate of drug-likeness (QED) is 0.579. The lowest BCUT2D eigenvalue weighted by molar-refractivity contribution is -0.112. The maximum atomic E-state index is 10.9. The van der Waals surface area contributed by atoms with Gasteiger partial charge < -0.3 is 4.79 Å². The van der Waals surface area contributed by atoms with Gasteiger partial charge in [0.25, 0.3) is 0 Å². The van der Waals surface area contributed by atoms with Crippen LogP contribution in [-0.2, 0) is 4.79 Å². The van der Waals surface area contributed by atoms with Crippen molar-refractivity contribution in [3.8, 4) is 0 Å². The van der Waals surface area contributed by atoms with Gasteiger partial charge in [0.2, 0.25) is 0 Å². The largest absolute Gasteiger partial charge is 0.490 e. The average Bonchev–Trinajstić information content (AvgIpc) is 1.87. The van der Waals surface area contributed by atoms with Crippen molar-refractivity contribution in [3.05, 3.63) is 0 Å². The van der Waals surface area contributed by atoms with Crippen LogP contribution in [0.5, 0.6) is 0 Å². The van der Waals surface area contributed by atoms with E-state index in [0.717, 1.165) is 11.7 Å². The lowest BCUT2D eigenvalue weighted by Crippen LogP contribution is -2.17. The lowest BCUT2D eigenvalue weighted by Gasteiger charge is -1.95. The molecule has 0 atom stereocenters. The Morgan fingerprint density at radius 3 is 2.44 bits per heavy atom. The molecule has 3 heteroatoms. The van der Waals surface area contributed by atoms with Crippen molar-refractivity contribution >= 4 is 27.9 Å². The zero-order valence-corrected chi connectivity index (χ0v) is 7.90. The molecule has 0 aliphatic carbocycles. The third kappa shape index (κ3) is 3.97. The van der Waals surface area contributed by atoms with Crippen LogP contribution in [0.3, 0.4) is 0 Å². The highest BCUT2D eigenvalue weighted by Crippen LogP contribution is 2.02. The molecule has 1 nitrogen and oxygen atoms in total. The van der Waals surface area contributed by atoms with Crippen LogP contribution < -0.4 is 0 Å². The number of carbonyl (C=O) groups excluding carboxylic acids is 1. The van der Waals surface area contributed by atoms with E-state index >= 15 is 0 Å². The fourth-order valence-electron chi connectivity index (χ4n) is 0.631. The molecule has 0 amide bonds. The van der Waals surface area contributed by atoms with Crippen LogP contribution in [0.1, 0.15) is 26.7 Å². The molecule has 0 rings (SSSR count).